The maximum absolute atomic E-state index is 11.8. The summed E-state index contributed by atoms with van der Waals surface area (Å²) >= 11 is 0. The molecule has 1 aliphatic heterocycles. The van der Waals surface area contributed by atoms with Crippen LogP contribution < -0.4 is 4.74 Å². The predicted octanol–water partition coefficient (Wildman–Crippen LogP) is 5.94. The summed E-state index contributed by atoms with van der Waals surface area (Å²) < 4.78 is 11.6. The predicted molar refractivity (Wildman–Crippen MR) is 131 cm³/mol. The van der Waals surface area contributed by atoms with E-state index in [-0.39, 0.29) is 18.0 Å². The third-order valence-corrected chi connectivity index (χ3v) is 7.13. The lowest BCUT2D eigenvalue weighted by Gasteiger charge is -2.37. The highest BCUT2D eigenvalue weighted by molar-refractivity contribution is 5.88. The Morgan fingerprint density at radius 2 is 1.73 bits per heavy atom. The highest BCUT2D eigenvalue weighted by Crippen LogP contribution is 2.36. The summed E-state index contributed by atoms with van der Waals surface area (Å²) in [6.45, 7) is 4.74. The van der Waals surface area contributed by atoms with Gasteiger partial charge in [-0.3, -0.25) is 9.69 Å². The van der Waals surface area contributed by atoms with E-state index in [0.29, 0.717) is 12.5 Å². The van der Waals surface area contributed by atoms with Crippen LogP contribution in [0.15, 0.2) is 66.7 Å². The number of carbonyl (C=O) groups is 1. The van der Waals surface area contributed by atoms with Gasteiger partial charge >= 0.3 is 5.97 Å². The fourth-order valence-electron chi connectivity index (χ4n) is 5.29. The van der Waals surface area contributed by atoms with Crippen LogP contribution in [-0.2, 0) is 16.1 Å². The number of carbonyl (C=O) groups excluding carboxylic acids is 1. The highest BCUT2D eigenvalue weighted by Gasteiger charge is 2.33. The van der Waals surface area contributed by atoms with Gasteiger partial charge in [-0.15, -0.1) is 0 Å². The first kappa shape index (κ1) is 22.0. The third kappa shape index (κ3) is 5.06. The van der Waals surface area contributed by atoms with Gasteiger partial charge in [-0.1, -0.05) is 54.6 Å². The number of nitrogens with zero attached hydrogens (tertiary/aromatic N) is 1. The van der Waals surface area contributed by atoms with Gasteiger partial charge in [0.25, 0.3) is 0 Å². The van der Waals surface area contributed by atoms with E-state index in [0.717, 1.165) is 38.2 Å². The molecular formula is C29H33NO3. The molecule has 0 spiro atoms. The van der Waals surface area contributed by atoms with Crippen LogP contribution in [0.25, 0.3) is 10.8 Å². The van der Waals surface area contributed by atoms with Crippen LogP contribution >= 0.6 is 0 Å². The van der Waals surface area contributed by atoms with Gasteiger partial charge in [0, 0.05) is 25.0 Å². The van der Waals surface area contributed by atoms with Crippen molar-refractivity contribution in [1.82, 2.24) is 4.90 Å². The van der Waals surface area contributed by atoms with E-state index in [1.54, 1.807) is 0 Å². The van der Waals surface area contributed by atoms with Crippen LogP contribution in [0.4, 0.5) is 0 Å². The number of fused-ring (bicyclic) bond motifs is 1. The second-order valence-corrected chi connectivity index (χ2v) is 9.46. The number of hydrogen-bond donors (Lipinski definition) is 0. The summed E-state index contributed by atoms with van der Waals surface area (Å²) in [6, 6.07) is 23.9. The molecule has 33 heavy (non-hydrogen) atoms. The van der Waals surface area contributed by atoms with Crippen LogP contribution in [-0.4, -0.2) is 36.7 Å². The highest BCUT2D eigenvalue weighted by atomic mass is 16.5. The number of benzene rings is 3. The Morgan fingerprint density at radius 3 is 2.48 bits per heavy atom. The van der Waals surface area contributed by atoms with Crippen molar-refractivity contribution < 1.29 is 14.3 Å². The molecule has 3 aromatic rings. The molecule has 0 aromatic heterocycles. The first-order valence-electron chi connectivity index (χ1n) is 12.3. The molecule has 0 radical (unpaired) electrons. The lowest BCUT2D eigenvalue weighted by molar-refractivity contribution is -0.154. The third-order valence-electron chi connectivity index (χ3n) is 7.13. The van der Waals surface area contributed by atoms with E-state index in [1.807, 2.05) is 6.92 Å². The average molecular weight is 444 g/mol. The Balaban J connectivity index is 1.19. The van der Waals surface area contributed by atoms with Gasteiger partial charge in [0.15, 0.2) is 0 Å². The number of ether oxygens (including phenoxy) is 2. The maximum atomic E-state index is 11.8. The summed E-state index contributed by atoms with van der Waals surface area (Å²) in [5.41, 5.74) is 2.73. The van der Waals surface area contributed by atoms with Crippen molar-refractivity contribution >= 4 is 16.7 Å². The molecule has 1 saturated carbocycles. The van der Waals surface area contributed by atoms with Crippen LogP contribution in [0, 0.1) is 5.92 Å². The SMILES string of the molecule is CCOC(=O)C1CN(Cc2ccc3c(O[C@H]4CC[C@H](c5ccccc5)CC4)cccc3c2)C1. The van der Waals surface area contributed by atoms with Crippen molar-refractivity contribution in [3.63, 3.8) is 0 Å². The van der Waals surface area contributed by atoms with Crippen molar-refractivity contribution in [2.75, 3.05) is 19.7 Å². The first-order valence-corrected chi connectivity index (χ1v) is 12.3. The molecule has 0 unspecified atom stereocenters. The van der Waals surface area contributed by atoms with E-state index < -0.39 is 0 Å². The van der Waals surface area contributed by atoms with Crippen molar-refractivity contribution in [1.29, 1.82) is 0 Å². The summed E-state index contributed by atoms with van der Waals surface area (Å²) in [5.74, 6) is 1.62. The Labute approximate surface area is 196 Å². The van der Waals surface area contributed by atoms with E-state index in [2.05, 4.69) is 71.6 Å². The quantitative estimate of drug-likeness (QED) is 0.424. The normalized spacial score (nSPS) is 21.5. The Morgan fingerprint density at radius 1 is 0.939 bits per heavy atom. The maximum Gasteiger partial charge on any atom is 0.311 e. The summed E-state index contributed by atoms with van der Waals surface area (Å²) in [5, 5.41) is 2.39. The standard InChI is InChI=1S/C29H33NO3/c1-2-32-29(31)25-19-30(20-25)18-21-11-16-27-24(17-21)9-6-10-28(27)33-26-14-12-23(13-15-26)22-7-4-3-5-8-22/h3-11,16-17,23,25-26H,2,12-15,18-20H2,1H3/t23-,26-. The van der Waals surface area contributed by atoms with Crippen molar-refractivity contribution in [2.45, 2.75) is 51.2 Å². The summed E-state index contributed by atoms with van der Waals surface area (Å²) in [6.07, 6.45) is 4.87. The van der Waals surface area contributed by atoms with Gasteiger partial charge in [0.05, 0.1) is 18.6 Å². The lowest BCUT2D eigenvalue weighted by Crippen LogP contribution is -2.50. The van der Waals surface area contributed by atoms with Crippen LogP contribution in [0.5, 0.6) is 5.75 Å². The van der Waals surface area contributed by atoms with Gasteiger partial charge in [-0.2, -0.15) is 0 Å². The zero-order valence-corrected chi connectivity index (χ0v) is 19.4. The van der Waals surface area contributed by atoms with Crippen molar-refractivity contribution in [3.05, 3.63) is 77.9 Å². The number of esters is 1. The molecule has 2 fully saturated rings. The molecule has 0 amide bonds. The lowest BCUT2D eigenvalue weighted by atomic mass is 9.83. The van der Waals surface area contributed by atoms with Crippen LogP contribution in [0.3, 0.4) is 0 Å². The molecule has 3 aromatic carbocycles. The monoisotopic (exact) mass is 443 g/mol. The van der Waals surface area contributed by atoms with E-state index in [1.165, 1.54) is 34.7 Å². The number of rotatable bonds is 7. The topological polar surface area (TPSA) is 38.8 Å². The molecule has 2 aliphatic rings. The van der Waals surface area contributed by atoms with Gasteiger partial charge in [0.2, 0.25) is 0 Å². The van der Waals surface area contributed by atoms with E-state index in [9.17, 15) is 4.79 Å². The molecule has 1 saturated heterocycles. The van der Waals surface area contributed by atoms with Gasteiger partial charge < -0.3 is 9.47 Å². The molecule has 0 atom stereocenters. The van der Waals surface area contributed by atoms with Crippen LogP contribution in [0.2, 0.25) is 0 Å². The minimum atomic E-state index is -0.0631. The minimum Gasteiger partial charge on any atom is -0.490 e. The van der Waals surface area contributed by atoms with E-state index >= 15 is 0 Å². The molecule has 5 rings (SSSR count). The van der Waals surface area contributed by atoms with Gasteiger partial charge in [-0.05, 0) is 67.2 Å². The van der Waals surface area contributed by atoms with Gasteiger partial charge in [-0.25, -0.2) is 0 Å². The minimum absolute atomic E-state index is 0.0300. The summed E-state index contributed by atoms with van der Waals surface area (Å²) in [4.78, 5) is 14.1. The average Bonchev–Trinajstić information content (AvgIpc) is 2.82. The number of likely N-dealkylation sites (tertiary alicyclic amines) is 1. The molecule has 172 valence electrons. The zero-order chi connectivity index (χ0) is 22.6. The summed E-state index contributed by atoms with van der Waals surface area (Å²) in [7, 11) is 0. The molecular weight excluding hydrogens is 410 g/mol. The number of hydrogen-bond acceptors (Lipinski definition) is 4. The van der Waals surface area contributed by atoms with Crippen LogP contribution in [0.1, 0.15) is 49.7 Å². The van der Waals surface area contributed by atoms with Crippen molar-refractivity contribution in [3.8, 4) is 5.75 Å². The fourth-order valence-corrected chi connectivity index (χ4v) is 5.29. The Kier molecular flexibility index (Phi) is 6.63. The molecule has 4 heteroatoms. The fraction of sp³-hybridized carbons (Fsp3) is 0.414. The molecule has 0 bridgehead atoms. The Bertz CT molecular complexity index is 1080. The Hall–Kier alpha value is -2.85. The molecule has 1 aliphatic carbocycles. The second kappa shape index (κ2) is 9.96. The second-order valence-electron chi connectivity index (χ2n) is 9.46. The zero-order valence-electron chi connectivity index (χ0n) is 19.4. The molecule has 0 N–H and O–H groups in total. The molecule has 4 nitrogen and oxygen atoms in total. The molecule has 1 heterocycles. The van der Waals surface area contributed by atoms with Crippen molar-refractivity contribution in [2.24, 2.45) is 5.92 Å². The van der Waals surface area contributed by atoms with E-state index in [4.69, 9.17) is 9.47 Å². The smallest absolute Gasteiger partial charge is 0.311 e. The van der Waals surface area contributed by atoms with Gasteiger partial charge in [0.1, 0.15) is 5.75 Å². The first-order chi connectivity index (χ1) is 16.2. The largest absolute Gasteiger partial charge is 0.490 e.